The minimum atomic E-state index is -0.806. The van der Waals surface area contributed by atoms with Crippen LogP contribution in [0.5, 0.6) is 0 Å². The van der Waals surface area contributed by atoms with Crippen LogP contribution in [0.3, 0.4) is 0 Å². The number of hydrogen-bond donors (Lipinski definition) is 4. The van der Waals surface area contributed by atoms with Crippen molar-refractivity contribution in [2.24, 2.45) is 0 Å². The van der Waals surface area contributed by atoms with Crippen LogP contribution in [-0.2, 0) is 16.1 Å². The molecule has 0 unspecified atom stereocenters. The number of halogens is 2. The highest BCUT2D eigenvalue weighted by atomic mass is 19.1. The highest BCUT2D eigenvalue weighted by molar-refractivity contribution is 5.96. The maximum Gasteiger partial charge on any atom is 0.252 e. The Balaban J connectivity index is 1.53. The number of aryl methyl sites for hydroxylation is 1. The van der Waals surface area contributed by atoms with Crippen LogP contribution in [0.2, 0.25) is 0 Å². The van der Waals surface area contributed by atoms with Crippen LogP contribution in [0.4, 0.5) is 20.4 Å². The van der Waals surface area contributed by atoms with Crippen molar-refractivity contribution in [1.82, 2.24) is 30.3 Å². The van der Waals surface area contributed by atoms with Crippen molar-refractivity contribution in [1.29, 1.82) is 0 Å². The Kier molecular flexibility index (Phi) is 7.39. The number of fused-ring (bicyclic) bond motifs is 1. The van der Waals surface area contributed by atoms with Crippen LogP contribution in [0.1, 0.15) is 37.7 Å². The first-order valence-electron chi connectivity index (χ1n) is 11.4. The van der Waals surface area contributed by atoms with E-state index in [-0.39, 0.29) is 35.3 Å². The molecular weight excluding hydrogens is 484 g/mol. The minimum Gasteiger partial charge on any atom is -0.352 e. The number of rotatable bonds is 8. The van der Waals surface area contributed by atoms with Crippen LogP contribution in [-0.4, -0.2) is 36.5 Å². The molecule has 10 nitrogen and oxygen atoms in total. The van der Waals surface area contributed by atoms with E-state index < -0.39 is 29.9 Å². The fourth-order valence-electron chi connectivity index (χ4n) is 3.97. The van der Waals surface area contributed by atoms with Crippen molar-refractivity contribution in [3.05, 3.63) is 65.6 Å². The predicted octanol–water partition coefficient (Wildman–Crippen LogP) is 3.92. The molecule has 0 aliphatic rings. The average molecular weight is 510 g/mol. The fourth-order valence-corrected chi connectivity index (χ4v) is 3.97. The van der Waals surface area contributed by atoms with Crippen LogP contribution in [0.25, 0.3) is 22.3 Å². The van der Waals surface area contributed by atoms with Gasteiger partial charge in [-0.1, -0.05) is 12.1 Å². The van der Waals surface area contributed by atoms with Gasteiger partial charge in [0.25, 0.3) is 5.91 Å². The molecule has 4 N–H and O–H groups in total. The zero-order valence-corrected chi connectivity index (χ0v) is 20.3. The Morgan fingerprint density at radius 1 is 1.05 bits per heavy atom. The van der Waals surface area contributed by atoms with Gasteiger partial charge in [0.15, 0.2) is 11.6 Å². The van der Waals surface area contributed by atoms with Crippen LogP contribution < -0.4 is 16.1 Å². The molecule has 2 aromatic carbocycles. The van der Waals surface area contributed by atoms with E-state index in [2.05, 4.69) is 25.6 Å². The summed E-state index contributed by atoms with van der Waals surface area (Å²) in [5, 5.41) is 14.0. The van der Waals surface area contributed by atoms with Crippen molar-refractivity contribution in [2.45, 2.75) is 39.8 Å². The van der Waals surface area contributed by atoms with Gasteiger partial charge in [0, 0.05) is 23.8 Å². The van der Waals surface area contributed by atoms with Gasteiger partial charge in [-0.2, -0.15) is 0 Å². The molecule has 0 saturated heterocycles. The lowest BCUT2D eigenvalue weighted by molar-refractivity contribution is -0.134. The minimum absolute atomic E-state index is 0.0310. The highest BCUT2D eigenvalue weighted by Gasteiger charge is 2.18. The van der Waals surface area contributed by atoms with Crippen molar-refractivity contribution < 1.29 is 23.6 Å². The number of carbonyl (C=O) groups is 2. The standard InChI is InChI=1S/C25H25F2N7O3/c1-13(2)34-14(3)30-24-18(26)8-16(9-20(24)34)23-19(27)12-29-25(32-23)31-17-6-4-15(5-7-17)11-28-21(35)10-22(36)33-37/h4-9,12-13,37H,10-11H2,1-3H3,(H,28,35)(H,33,36)(H,29,31,32). The lowest BCUT2D eigenvalue weighted by atomic mass is 10.1. The first-order valence-corrected chi connectivity index (χ1v) is 11.4. The van der Waals surface area contributed by atoms with Crippen LogP contribution >= 0.6 is 0 Å². The predicted molar refractivity (Wildman–Crippen MR) is 132 cm³/mol. The van der Waals surface area contributed by atoms with E-state index in [1.165, 1.54) is 11.5 Å². The van der Waals surface area contributed by atoms with E-state index in [9.17, 15) is 18.4 Å². The van der Waals surface area contributed by atoms with Crippen molar-refractivity contribution in [2.75, 3.05) is 5.32 Å². The number of carbonyl (C=O) groups excluding carboxylic acids is 2. The van der Waals surface area contributed by atoms with Crippen molar-refractivity contribution in [3.63, 3.8) is 0 Å². The molecule has 0 atom stereocenters. The van der Waals surface area contributed by atoms with E-state index in [1.807, 2.05) is 18.4 Å². The van der Waals surface area contributed by atoms with Crippen molar-refractivity contribution in [3.8, 4) is 11.3 Å². The van der Waals surface area contributed by atoms with E-state index >= 15 is 0 Å². The fraction of sp³-hybridized carbons (Fsp3) is 0.240. The molecule has 0 bridgehead atoms. The second kappa shape index (κ2) is 10.7. The van der Waals surface area contributed by atoms with Gasteiger partial charge in [0.05, 0.1) is 11.7 Å². The Bertz CT molecular complexity index is 1470. The number of aromatic nitrogens is 4. The zero-order chi connectivity index (χ0) is 26.7. The summed E-state index contributed by atoms with van der Waals surface area (Å²) in [5.41, 5.74) is 3.72. The highest BCUT2D eigenvalue weighted by Crippen LogP contribution is 2.30. The van der Waals surface area contributed by atoms with Gasteiger partial charge in [-0.15, -0.1) is 0 Å². The molecule has 0 spiro atoms. The molecule has 2 amide bonds. The van der Waals surface area contributed by atoms with E-state index in [1.54, 1.807) is 37.3 Å². The third kappa shape index (κ3) is 5.70. The number of hydrogen-bond acceptors (Lipinski definition) is 7. The molecule has 0 aliphatic heterocycles. The van der Waals surface area contributed by atoms with Gasteiger partial charge in [-0.05, 0) is 50.6 Å². The Morgan fingerprint density at radius 2 is 1.78 bits per heavy atom. The number of benzene rings is 2. The van der Waals surface area contributed by atoms with Crippen LogP contribution in [0, 0.1) is 18.6 Å². The average Bonchev–Trinajstić information content (AvgIpc) is 3.21. The van der Waals surface area contributed by atoms with Gasteiger partial charge in [0.2, 0.25) is 11.9 Å². The molecule has 37 heavy (non-hydrogen) atoms. The van der Waals surface area contributed by atoms with Gasteiger partial charge < -0.3 is 15.2 Å². The maximum atomic E-state index is 14.9. The lowest BCUT2D eigenvalue weighted by Gasteiger charge is -2.12. The normalized spacial score (nSPS) is 11.1. The summed E-state index contributed by atoms with van der Waals surface area (Å²) in [4.78, 5) is 35.2. The molecule has 2 aromatic heterocycles. The van der Waals surface area contributed by atoms with Gasteiger partial charge in [-0.25, -0.2) is 29.2 Å². The first-order chi connectivity index (χ1) is 17.7. The third-order valence-electron chi connectivity index (χ3n) is 5.60. The molecule has 0 radical (unpaired) electrons. The summed E-state index contributed by atoms with van der Waals surface area (Å²) >= 11 is 0. The molecular formula is C25H25F2N7O3. The molecule has 192 valence electrons. The Labute approximate surface area is 210 Å². The van der Waals surface area contributed by atoms with E-state index in [0.29, 0.717) is 17.0 Å². The number of anilines is 2. The molecule has 2 heterocycles. The van der Waals surface area contributed by atoms with Gasteiger partial charge in [0.1, 0.15) is 23.5 Å². The third-order valence-corrected chi connectivity index (χ3v) is 5.60. The number of hydroxylamine groups is 1. The van der Waals surface area contributed by atoms with Crippen molar-refractivity contribution >= 4 is 34.5 Å². The van der Waals surface area contributed by atoms with E-state index in [4.69, 9.17) is 5.21 Å². The summed E-state index contributed by atoms with van der Waals surface area (Å²) < 4.78 is 31.5. The smallest absolute Gasteiger partial charge is 0.252 e. The topological polar surface area (TPSA) is 134 Å². The number of nitrogens with one attached hydrogen (secondary N) is 3. The quantitative estimate of drug-likeness (QED) is 0.161. The number of nitrogens with zero attached hydrogens (tertiary/aromatic N) is 4. The van der Waals surface area contributed by atoms with Gasteiger partial charge in [-0.3, -0.25) is 14.8 Å². The number of amides is 2. The van der Waals surface area contributed by atoms with Gasteiger partial charge >= 0.3 is 0 Å². The first kappa shape index (κ1) is 25.6. The second-order valence-corrected chi connectivity index (χ2v) is 8.65. The number of imidazole rings is 1. The van der Waals surface area contributed by atoms with Crippen LogP contribution in [0.15, 0.2) is 42.6 Å². The summed E-state index contributed by atoms with van der Waals surface area (Å²) in [5.74, 6) is -1.84. The largest absolute Gasteiger partial charge is 0.352 e. The molecule has 0 saturated carbocycles. The summed E-state index contributed by atoms with van der Waals surface area (Å²) in [7, 11) is 0. The molecule has 12 heteroatoms. The Hall–Kier alpha value is -4.45. The molecule has 4 aromatic rings. The summed E-state index contributed by atoms with van der Waals surface area (Å²) in [6.07, 6.45) is 0.529. The zero-order valence-electron chi connectivity index (χ0n) is 20.3. The Morgan fingerprint density at radius 3 is 2.46 bits per heavy atom. The second-order valence-electron chi connectivity index (χ2n) is 8.65. The van der Waals surface area contributed by atoms with E-state index in [0.717, 1.165) is 11.8 Å². The monoisotopic (exact) mass is 509 g/mol. The lowest BCUT2D eigenvalue weighted by Crippen LogP contribution is -2.30. The summed E-state index contributed by atoms with van der Waals surface area (Å²) in [6.45, 7) is 5.89. The molecule has 4 rings (SSSR count). The molecule has 0 aliphatic carbocycles. The maximum absolute atomic E-state index is 14.9. The SMILES string of the molecule is Cc1nc2c(F)cc(-c3nc(Nc4ccc(CNC(=O)CC(=O)NO)cc4)ncc3F)cc2n1C(C)C. The summed E-state index contributed by atoms with van der Waals surface area (Å²) in [6, 6.07) is 9.80. The molecule has 0 fully saturated rings.